The molecule has 1 saturated heterocycles. The largest absolute Gasteiger partial charge is 0.363 e. The second-order valence-electron chi connectivity index (χ2n) is 6.11. The van der Waals surface area contributed by atoms with Crippen molar-refractivity contribution in [3.05, 3.63) is 29.3 Å². The van der Waals surface area contributed by atoms with Gasteiger partial charge in [0.05, 0.1) is 5.54 Å². The van der Waals surface area contributed by atoms with Crippen molar-refractivity contribution in [1.29, 1.82) is 0 Å². The Labute approximate surface area is 110 Å². The number of rotatable bonds is 1. The first-order chi connectivity index (χ1) is 8.70. The van der Waals surface area contributed by atoms with Crippen molar-refractivity contribution in [3.63, 3.8) is 0 Å². The summed E-state index contributed by atoms with van der Waals surface area (Å²) in [5, 5.41) is 3.60. The summed E-state index contributed by atoms with van der Waals surface area (Å²) in [7, 11) is 0. The summed E-state index contributed by atoms with van der Waals surface area (Å²) in [6.07, 6.45) is 5.49. The summed E-state index contributed by atoms with van der Waals surface area (Å²) in [6, 6.07) is 6.99. The lowest BCUT2D eigenvalue weighted by atomic mass is 9.91. The SMILES string of the molecule is Cc1cc(C)cc(N2CCNCC23CCCC3)c1. The van der Waals surface area contributed by atoms with Gasteiger partial charge in [-0.15, -0.1) is 0 Å². The molecule has 2 nitrogen and oxygen atoms in total. The van der Waals surface area contributed by atoms with Crippen LogP contribution in [-0.4, -0.2) is 25.2 Å². The number of nitrogens with one attached hydrogen (secondary N) is 1. The van der Waals surface area contributed by atoms with Crippen LogP contribution in [0.25, 0.3) is 0 Å². The van der Waals surface area contributed by atoms with E-state index in [0.717, 1.165) is 13.1 Å². The van der Waals surface area contributed by atoms with Crippen molar-refractivity contribution < 1.29 is 0 Å². The van der Waals surface area contributed by atoms with E-state index in [1.54, 1.807) is 0 Å². The lowest BCUT2D eigenvalue weighted by molar-refractivity contribution is 0.332. The highest BCUT2D eigenvalue weighted by Crippen LogP contribution is 2.39. The number of hydrogen-bond acceptors (Lipinski definition) is 2. The molecule has 3 rings (SSSR count). The standard InChI is InChI=1S/C16H24N2/c1-13-9-14(2)11-15(10-13)18-8-7-17-12-16(18)5-3-4-6-16/h9-11,17H,3-8,12H2,1-2H3. The zero-order valence-electron chi connectivity index (χ0n) is 11.6. The van der Waals surface area contributed by atoms with Gasteiger partial charge in [0, 0.05) is 25.3 Å². The molecule has 1 heterocycles. The predicted molar refractivity (Wildman–Crippen MR) is 77.3 cm³/mol. The fraction of sp³-hybridized carbons (Fsp3) is 0.625. The van der Waals surface area contributed by atoms with Gasteiger partial charge in [0.25, 0.3) is 0 Å². The van der Waals surface area contributed by atoms with Crippen LogP contribution in [-0.2, 0) is 0 Å². The minimum absolute atomic E-state index is 0.401. The Morgan fingerprint density at radius 2 is 1.72 bits per heavy atom. The van der Waals surface area contributed by atoms with Gasteiger partial charge in [0.2, 0.25) is 0 Å². The normalized spacial score (nSPS) is 22.7. The number of piperazine rings is 1. The Morgan fingerprint density at radius 1 is 1.06 bits per heavy atom. The van der Waals surface area contributed by atoms with Crippen LogP contribution >= 0.6 is 0 Å². The van der Waals surface area contributed by atoms with Gasteiger partial charge in [-0.1, -0.05) is 18.9 Å². The third-order valence-electron chi connectivity index (χ3n) is 4.59. The van der Waals surface area contributed by atoms with Gasteiger partial charge in [-0.05, 0) is 49.9 Å². The highest BCUT2D eigenvalue weighted by Gasteiger charge is 2.41. The van der Waals surface area contributed by atoms with Gasteiger partial charge in [-0.3, -0.25) is 0 Å². The third kappa shape index (κ3) is 2.03. The second kappa shape index (κ2) is 4.58. The van der Waals surface area contributed by atoms with Crippen LogP contribution in [0.15, 0.2) is 18.2 Å². The molecule has 0 radical (unpaired) electrons. The molecule has 0 unspecified atom stereocenters. The Balaban J connectivity index is 1.97. The lowest BCUT2D eigenvalue weighted by Gasteiger charge is -2.47. The van der Waals surface area contributed by atoms with E-state index in [4.69, 9.17) is 0 Å². The van der Waals surface area contributed by atoms with Crippen molar-refractivity contribution in [1.82, 2.24) is 5.32 Å². The molecule has 98 valence electrons. The Hall–Kier alpha value is -1.02. The van der Waals surface area contributed by atoms with E-state index in [1.807, 2.05) is 0 Å². The molecular formula is C16H24N2. The highest BCUT2D eigenvalue weighted by atomic mass is 15.3. The maximum Gasteiger partial charge on any atom is 0.0527 e. The van der Waals surface area contributed by atoms with Gasteiger partial charge in [0.1, 0.15) is 0 Å². The van der Waals surface area contributed by atoms with Crippen molar-refractivity contribution in [2.75, 3.05) is 24.5 Å². The van der Waals surface area contributed by atoms with Crippen LogP contribution in [0.5, 0.6) is 0 Å². The van der Waals surface area contributed by atoms with E-state index in [9.17, 15) is 0 Å². The van der Waals surface area contributed by atoms with Crippen molar-refractivity contribution in [3.8, 4) is 0 Å². The van der Waals surface area contributed by atoms with E-state index >= 15 is 0 Å². The molecule has 2 fully saturated rings. The number of hydrogen-bond donors (Lipinski definition) is 1. The highest BCUT2D eigenvalue weighted by molar-refractivity contribution is 5.54. The average molecular weight is 244 g/mol. The molecule has 1 saturated carbocycles. The summed E-state index contributed by atoms with van der Waals surface area (Å²) in [5.74, 6) is 0. The molecule has 1 aromatic carbocycles. The van der Waals surface area contributed by atoms with Crippen molar-refractivity contribution in [2.24, 2.45) is 0 Å². The van der Waals surface area contributed by atoms with E-state index in [0.29, 0.717) is 5.54 Å². The summed E-state index contributed by atoms with van der Waals surface area (Å²) in [4.78, 5) is 2.69. The molecule has 1 aromatic rings. The number of aryl methyl sites for hydroxylation is 2. The van der Waals surface area contributed by atoms with Crippen LogP contribution in [0.4, 0.5) is 5.69 Å². The monoisotopic (exact) mass is 244 g/mol. The van der Waals surface area contributed by atoms with Gasteiger partial charge in [0.15, 0.2) is 0 Å². The first-order valence-corrected chi connectivity index (χ1v) is 7.26. The van der Waals surface area contributed by atoms with E-state index in [1.165, 1.54) is 49.0 Å². The maximum absolute atomic E-state index is 3.60. The lowest BCUT2D eigenvalue weighted by Crippen LogP contribution is -2.60. The van der Waals surface area contributed by atoms with Crippen LogP contribution in [0.1, 0.15) is 36.8 Å². The fourth-order valence-electron chi connectivity index (χ4n) is 3.83. The first-order valence-electron chi connectivity index (χ1n) is 7.26. The second-order valence-corrected chi connectivity index (χ2v) is 6.11. The summed E-state index contributed by atoms with van der Waals surface area (Å²) in [6.45, 7) is 7.86. The van der Waals surface area contributed by atoms with Gasteiger partial charge < -0.3 is 10.2 Å². The maximum atomic E-state index is 3.60. The molecule has 1 N–H and O–H groups in total. The molecular weight excluding hydrogens is 220 g/mol. The molecule has 2 heteroatoms. The molecule has 0 bridgehead atoms. The fourth-order valence-corrected chi connectivity index (χ4v) is 3.83. The topological polar surface area (TPSA) is 15.3 Å². The van der Waals surface area contributed by atoms with Gasteiger partial charge in [-0.2, -0.15) is 0 Å². The summed E-state index contributed by atoms with van der Waals surface area (Å²) >= 11 is 0. The Morgan fingerprint density at radius 3 is 2.39 bits per heavy atom. The minimum Gasteiger partial charge on any atom is -0.363 e. The van der Waals surface area contributed by atoms with E-state index < -0.39 is 0 Å². The van der Waals surface area contributed by atoms with Crippen LogP contribution < -0.4 is 10.2 Å². The average Bonchev–Trinajstić information content (AvgIpc) is 2.77. The number of nitrogens with zero attached hydrogens (tertiary/aromatic N) is 1. The molecule has 2 aliphatic rings. The zero-order chi connectivity index (χ0) is 12.6. The van der Waals surface area contributed by atoms with Crippen molar-refractivity contribution >= 4 is 5.69 Å². The quantitative estimate of drug-likeness (QED) is 0.817. The summed E-state index contributed by atoms with van der Waals surface area (Å²) in [5.41, 5.74) is 4.61. The Kier molecular flexibility index (Phi) is 3.06. The molecule has 0 aromatic heterocycles. The van der Waals surface area contributed by atoms with Gasteiger partial charge >= 0.3 is 0 Å². The van der Waals surface area contributed by atoms with E-state index in [-0.39, 0.29) is 0 Å². The third-order valence-corrected chi connectivity index (χ3v) is 4.59. The van der Waals surface area contributed by atoms with E-state index in [2.05, 4.69) is 42.3 Å². The van der Waals surface area contributed by atoms with Crippen LogP contribution in [0, 0.1) is 13.8 Å². The Bertz CT molecular complexity index is 412. The molecule has 1 aliphatic heterocycles. The summed E-state index contributed by atoms with van der Waals surface area (Å²) < 4.78 is 0. The molecule has 0 atom stereocenters. The molecule has 1 spiro atoms. The zero-order valence-corrected chi connectivity index (χ0v) is 11.6. The smallest absolute Gasteiger partial charge is 0.0527 e. The minimum atomic E-state index is 0.401. The van der Waals surface area contributed by atoms with Crippen LogP contribution in [0.3, 0.4) is 0 Å². The molecule has 18 heavy (non-hydrogen) atoms. The number of benzene rings is 1. The number of anilines is 1. The first kappa shape index (κ1) is 12.0. The molecule has 0 amide bonds. The van der Waals surface area contributed by atoms with Gasteiger partial charge in [-0.25, -0.2) is 0 Å². The van der Waals surface area contributed by atoms with Crippen LogP contribution in [0.2, 0.25) is 0 Å². The van der Waals surface area contributed by atoms with Crippen molar-refractivity contribution in [2.45, 2.75) is 45.1 Å². The molecule has 1 aliphatic carbocycles. The predicted octanol–water partition coefficient (Wildman–Crippen LogP) is 3.03.